The van der Waals surface area contributed by atoms with Gasteiger partial charge in [-0.3, -0.25) is 4.79 Å². The zero-order valence-corrected chi connectivity index (χ0v) is 4.65. The number of alkyl halides is 2. The van der Waals surface area contributed by atoms with Crippen molar-refractivity contribution in [2.24, 2.45) is 5.92 Å². The Morgan fingerprint density at radius 1 is 2.00 bits per heavy atom. The maximum atomic E-state index is 12.1. The molecule has 1 saturated carbocycles. The molecule has 0 saturated heterocycles. The third kappa shape index (κ3) is 0.777. The van der Waals surface area contributed by atoms with Gasteiger partial charge in [0, 0.05) is 6.42 Å². The van der Waals surface area contributed by atoms with Crippen molar-refractivity contribution in [2.45, 2.75) is 11.5 Å². The molecule has 0 bridgehead atoms. The molecule has 1 aliphatic rings. The zero-order chi connectivity index (χ0) is 6.36. The predicted octanol–water partition coefficient (Wildman–Crippen LogP) is 0.996. The minimum atomic E-state index is -1.94. The van der Waals surface area contributed by atoms with Crippen LogP contribution in [-0.2, 0) is 4.79 Å². The Labute approximate surface area is 50.3 Å². The molecule has 0 aromatic heterocycles. The fourth-order valence-corrected chi connectivity index (χ4v) is 0.729. The van der Waals surface area contributed by atoms with Gasteiger partial charge in [-0.1, -0.05) is 11.6 Å². The first-order chi connectivity index (χ1) is 3.54. The highest BCUT2D eigenvalue weighted by atomic mass is 35.5. The van der Waals surface area contributed by atoms with Gasteiger partial charge in [0.2, 0.25) is 0 Å². The van der Waals surface area contributed by atoms with E-state index in [0.717, 1.165) is 0 Å². The van der Waals surface area contributed by atoms with Crippen LogP contribution in [0.5, 0.6) is 0 Å². The van der Waals surface area contributed by atoms with Gasteiger partial charge in [0.1, 0.15) is 5.92 Å². The lowest BCUT2D eigenvalue weighted by Crippen LogP contribution is -2.03. The van der Waals surface area contributed by atoms with Crippen molar-refractivity contribution in [1.82, 2.24) is 0 Å². The number of rotatable bonds is 1. The minimum Gasteiger partial charge on any atom is -0.481 e. The topological polar surface area (TPSA) is 37.3 Å². The number of carbonyl (C=O) groups is 1. The normalized spacial score (nSPS) is 44.0. The van der Waals surface area contributed by atoms with E-state index in [1.165, 1.54) is 0 Å². The molecule has 2 atom stereocenters. The van der Waals surface area contributed by atoms with E-state index in [9.17, 15) is 9.18 Å². The van der Waals surface area contributed by atoms with E-state index >= 15 is 0 Å². The highest BCUT2D eigenvalue weighted by molar-refractivity contribution is 6.26. The average molecular weight is 139 g/mol. The van der Waals surface area contributed by atoms with Crippen LogP contribution in [0.4, 0.5) is 4.39 Å². The summed E-state index contributed by atoms with van der Waals surface area (Å²) < 4.78 is 12.1. The Morgan fingerprint density at radius 2 is 2.38 bits per heavy atom. The summed E-state index contributed by atoms with van der Waals surface area (Å²) in [7, 11) is 0. The van der Waals surface area contributed by atoms with Gasteiger partial charge in [-0.15, -0.1) is 0 Å². The van der Waals surface area contributed by atoms with Crippen LogP contribution in [0.15, 0.2) is 0 Å². The molecule has 1 rings (SSSR count). The zero-order valence-electron chi connectivity index (χ0n) is 3.90. The van der Waals surface area contributed by atoms with Gasteiger partial charge in [-0.25, -0.2) is 4.39 Å². The third-order valence-electron chi connectivity index (χ3n) is 1.12. The Hall–Kier alpha value is -0.310. The highest BCUT2D eigenvalue weighted by Crippen LogP contribution is 2.50. The summed E-state index contributed by atoms with van der Waals surface area (Å²) in [4.78, 5) is 9.85. The summed E-state index contributed by atoms with van der Waals surface area (Å²) in [6, 6.07) is 0. The van der Waals surface area contributed by atoms with Crippen molar-refractivity contribution >= 4 is 17.6 Å². The Balaban J connectivity index is 2.48. The fourth-order valence-electron chi connectivity index (χ4n) is 0.481. The lowest BCUT2D eigenvalue weighted by Gasteiger charge is -1.87. The molecule has 0 aromatic carbocycles. The molecular weight excluding hydrogens is 134 g/mol. The van der Waals surface area contributed by atoms with Crippen molar-refractivity contribution < 1.29 is 14.3 Å². The van der Waals surface area contributed by atoms with Crippen LogP contribution in [0.2, 0.25) is 0 Å². The monoisotopic (exact) mass is 138 g/mol. The van der Waals surface area contributed by atoms with E-state index in [-0.39, 0.29) is 6.42 Å². The van der Waals surface area contributed by atoms with Crippen molar-refractivity contribution in [3.05, 3.63) is 0 Å². The van der Waals surface area contributed by atoms with Gasteiger partial charge in [-0.2, -0.15) is 0 Å². The summed E-state index contributed by atoms with van der Waals surface area (Å²) >= 11 is 4.95. The van der Waals surface area contributed by atoms with Crippen molar-refractivity contribution in [1.29, 1.82) is 0 Å². The quantitative estimate of drug-likeness (QED) is 0.549. The molecule has 0 spiro atoms. The first kappa shape index (κ1) is 5.82. The molecule has 0 heterocycles. The van der Waals surface area contributed by atoms with Crippen LogP contribution in [0, 0.1) is 5.92 Å². The summed E-state index contributed by atoms with van der Waals surface area (Å²) in [6.07, 6.45) is -0.0517. The standard InChI is InChI=1S/C4H4ClFO2/c5-4(6)1-2(4)3(7)8/h2H,1H2,(H,7,8)/t2-,4+/m0/s1. The SMILES string of the molecule is O=C(O)[C@@H]1C[C@]1(F)Cl. The summed E-state index contributed by atoms with van der Waals surface area (Å²) in [6.45, 7) is 0. The highest BCUT2D eigenvalue weighted by Gasteiger charge is 2.59. The maximum absolute atomic E-state index is 12.1. The Morgan fingerprint density at radius 3 is 2.38 bits per heavy atom. The predicted molar refractivity (Wildman–Crippen MR) is 25.4 cm³/mol. The van der Waals surface area contributed by atoms with E-state index < -0.39 is 17.0 Å². The molecule has 8 heavy (non-hydrogen) atoms. The van der Waals surface area contributed by atoms with Crippen LogP contribution in [0.1, 0.15) is 6.42 Å². The lowest BCUT2D eigenvalue weighted by atomic mass is 10.4. The van der Waals surface area contributed by atoms with Gasteiger partial charge in [-0.05, 0) is 0 Å². The van der Waals surface area contributed by atoms with Crippen LogP contribution in [0.3, 0.4) is 0 Å². The number of aliphatic carboxylic acids is 1. The van der Waals surface area contributed by atoms with E-state index in [1.54, 1.807) is 0 Å². The van der Waals surface area contributed by atoms with Crippen LogP contribution in [0.25, 0.3) is 0 Å². The molecule has 0 radical (unpaired) electrons. The molecule has 0 aromatic rings. The number of carboxylic acids is 1. The van der Waals surface area contributed by atoms with Crippen molar-refractivity contribution in [3.63, 3.8) is 0 Å². The molecule has 1 fully saturated rings. The van der Waals surface area contributed by atoms with Crippen LogP contribution < -0.4 is 0 Å². The van der Waals surface area contributed by atoms with Crippen LogP contribution >= 0.6 is 11.6 Å². The summed E-state index contributed by atoms with van der Waals surface area (Å²) in [5, 5.41) is 6.13. The van der Waals surface area contributed by atoms with Gasteiger partial charge in [0.15, 0.2) is 5.13 Å². The molecule has 0 aliphatic heterocycles. The van der Waals surface area contributed by atoms with E-state index in [0.29, 0.717) is 0 Å². The third-order valence-corrected chi connectivity index (χ3v) is 1.54. The first-order valence-electron chi connectivity index (χ1n) is 2.14. The fraction of sp³-hybridized carbons (Fsp3) is 0.750. The molecule has 4 heteroatoms. The largest absolute Gasteiger partial charge is 0.481 e. The number of hydrogen-bond donors (Lipinski definition) is 1. The lowest BCUT2D eigenvalue weighted by molar-refractivity contribution is -0.139. The van der Waals surface area contributed by atoms with Crippen molar-refractivity contribution in [3.8, 4) is 0 Å². The van der Waals surface area contributed by atoms with Gasteiger partial charge in [0.25, 0.3) is 0 Å². The molecule has 46 valence electrons. The summed E-state index contributed by atoms with van der Waals surface area (Å²) in [5.74, 6) is -2.12. The average Bonchev–Trinajstić information content (AvgIpc) is 2.13. The molecule has 1 aliphatic carbocycles. The number of hydrogen-bond acceptors (Lipinski definition) is 1. The summed E-state index contributed by atoms with van der Waals surface area (Å²) in [5.41, 5.74) is 0. The molecular formula is C4H4ClFO2. The second-order valence-corrected chi connectivity index (χ2v) is 2.48. The second-order valence-electron chi connectivity index (χ2n) is 1.86. The minimum absolute atomic E-state index is 0.0517. The van der Waals surface area contributed by atoms with Gasteiger partial charge in [0.05, 0.1) is 0 Å². The molecule has 2 nitrogen and oxygen atoms in total. The van der Waals surface area contributed by atoms with Crippen LogP contribution in [-0.4, -0.2) is 16.2 Å². The van der Waals surface area contributed by atoms with E-state index in [1.807, 2.05) is 0 Å². The first-order valence-corrected chi connectivity index (χ1v) is 2.52. The van der Waals surface area contributed by atoms with E-state index in [4.69, 9.17) is 16.7 Å². The van der Waals surface area contributed by atoms with E-state index in [2.05, 4.69) is 0 Å². The van der Waals surface area contributed by atoms with Gasteiger partial charge >= 0.3 is 5.97 Å². The van der Waals surface area contributed by atoms with Crippen molar-refractivity contribution in [2.75, 3.05) is 0 Å². The number of carboxylic acid groups (broad SMARTS) is 1. The smallest absolute Gasteiger partial charge is 0.311 e. The molecule has 1 N–H and O–H groups in total. The Bertz CT molecular complexity index is 134. The van der Waals surface area contributed by atoms with Gasteiger partial charge < -0.3 is 5.11 Å². The Kier molecular flexibility index (Phi) is 0.979. The maximum Gasteiger partial charge on any atom is 0.311 e. The molecule has 0 amide bonds. The molecule has 0 unspecified atom stereocenters. The second kappa shape index (κ2) is 1.35. The number of halogens is 2.